The minimum Gasteiger partial charge on any atom is -0.174 e. The standard InChI is InChI=1S/C9H12N/c1-2-3-7-10-8-5-4-6-9-10/h3-9H,2H2,1H3/q+1. The number of pyridine rings is 1. The van der Waals surface area contributed by atoms with Gasteiger partial charge in [0.1, 0.15) is 0 Å². The SMILES string of the molecule is CCC=C[n+]1ccccc1. The third-order valence-corrected chi connectivity index (χ3v) is 1.25. The summed E-state index contributed by atoms with van der Waals surface area (Å²) in [4.78, 5) is 0. The molecule has 0 radical (unpaired) electrons. The van der Waals surface area contributed by atoms with E-state index in [1.54, 1.807) is 0 Å². The van der Waals surface area contributed by atoms with Crippen LogP contribution in [0.2, 0.25) is 0 Å². The quantitative estimate of drug-likeness (QED) is 0.543. The monoisotopic (exact) mass is 134 g/mol. The fourth-order valence-electron chi connectivity index (χ4n) is 0.738. The van der Waals surface area contributed by atoms with E-state index in [-0.39, 0.29) is 0 Å². The van der Waals surface area contributed by atoms with Crippen LogP contribution in [-0.2, 0) is 0 Å². The van der Waals surface area contributed by atoms with Crippen molar-refractivity contribution in [2.24, 2.45) is 0 Å². The first-order valence-corrected chi connectivity index (χ1v) is 3.56. The highest BCUT2D eigenvalue weighted by Crippen LogP contribution is 1.80. The predicted molar refractivity (Wildman–Crippen MR) is 42.3 cm³/mol. The van der Waals surface area contributed by atoms with Gasteiger partial charge in [0.25, 0.3) is 0 Å². The summed E-state index contributed by atoms with van der Waals surface area (Å²) in [5.41, 5.74) is 0. The summed E-state index contributed by atoms with van der Waals surface area (Å²) < 4.78 is 2.03. The molecular weight excluding hydrogens is 122 g/mol. The van der Waals surface area contributed by atoms with E-state index in [9.17, 15) is 0 Å². The third kappa shape index (κ3) is 2.02. The minimum absolute atomic E-state index is 1.09. The molecule has 0 unspecified atom stereocenters. The Morgan fingerprint density at radius 1 is 1.20 bits per heavy atom. The summed E-state index contributed by atoms with van der Waals surface area (Å²) in [6.45, 7) is 2.12. The Bertz CT molecular complexity index is 201. The largest absolute Gasteiger partial charge is 0.174 e. The van der Waals surface area contributed by atoms with Crippen molar-refractivity contribution < 1.29 is 4.57 Å². The smallest absolute Gasteiger partial charge is 0.174 e. The molecular formula is C9H12N+. The Hall–Kier alpha value is -1.11. The van der Waals surface area contributed by atoms with E-state index in [1.165, 1.54) is 0 Å². The summed E-state index contributed by atoms with van der Waals surface area (Å²) in [7, 11) is 0. The van der Waals surface area contributed by atoms with Crippen molar-refractivity contribution in [1.29, 1.82) is 0 Å². The first-order valence-electron chi connectivity index (χ1n) is 3.56. The molecule has 0 aliphatic rings. The van der Waals surface area contributed by atoms with Gasteiger partial charge in [0.15, 0.2) is 18.6 Å². The van der Waals surface area contributed by atoms with Gasteiger partial charge in [0.2, 0.25) is 0 Å². The van der Waals surface area contributed by atoms with Gasteiger partial charge in [-0.05, 0) is 12.5 Å². The van der Waals surface area contributed by atoms with Gasteiger partial charge >= 0.3 is 0 Å². The van der Waals surface area contributed by atoms with Crippen molar-refractivity contribution in [2.45, 2.75) is 13.3 Å². The average Bonchev–Trinajstić information content (AvgIpc) is 2.03. The molecule has 1 nitrogen and oxygen atoms in total. The maximum atomic E-state index is 2.12. The molecule has 0 saturated carbocycles. The van der Waals surface area contributed by atoms with E-state index < -0.39 is 0 Å². The van der Waals surface area contributed by atoms with Gasteiger partial charge in [-0.25, -0.2) is 0 Å². The molecule has 0 amide bonds. The van der Waals surface area contributed by atoms with Crippen LogP contribution >= 0.6 is 0 Å². The summed E-state index contributed by atoms with van der Waals surface area (Å²) >= 11 is 0. The van der Waals surface area contributed by atoms with Gasteiger partial charge in [-0.2, -0.15) is 4.57 Å². The van der Waals surface area contributed by atoms with E-state index in [1.807, 2.05) is 35.2 Å². The highest BCUT2D eigenvalue weighted by molar-refractivity contribution is 5.05. The van der Waals surface area contributed by atoms with Gasteiger partial charge in [-0.1, -0.05) is 13.0 Å². The zero-order chi connectivity index (χ0) is 7.23. The van der Waals surface area contributed by atoms with Crippen LogP contribution in [0.3, 0.4) is 0 Å². The molecule has 1 aromatic heterocycles. The maximum Gasteiger partial charge on any atom is 0.174 e. The average molecular weight is 134 g/mol. The van der Waals surface area contributed by atoms with Gasteiger partial charge in [-0.15, -0.1) is 0 Å². The highest BCUT2D eigenvalue weighted by Gasteiger charge is 1.86. The second kappa shape index (κ2) is 3.83. The van der Waals surface area contributed by atoms with E-state index in [4.69, 9.17) is 0 Å². The van der Waals surface area contributed by atoms with Gasteiger partial charge < -0.3 is 0 Å². The molecule has 0 spiro atoms. The van der Waals surface area contributed by atoms with Crippen LogP contribution in [0, 0.1) is 0 Å². The van der Waals surface area contributed by atoms with Crippen LogP contribution in [0.4, 0.5) is 0 Å². The van der Waals surface area contributed by atoms with Gasteiger partial charge in [0.05, 0.1) is 0 Å². The van der Waals surface area contributed by atoms with Crippen LogP contribution in [-0.4, -0.2) is 0 Å². The van der Waals surface area contributed by atoms with Crippen molar-refractivity contribution in [1.82, 2.24) is 0 Å². The van der Waals surface area contributed by atoms with E-state index in [0.717, 1.165) is 6.42 Å². The second-order valence-corrected chi connectivity index (χ2v) is 2.12. The maximum absolute atomic E-state index is 2.12. The van der Waals surface area contributed by atoms with Crippen LogP contribution in [0.5, 0.6) is 0 Å². The molecule has 1 heteroatoms. The molecule has 1 heterocycles. The van der Waals surface area contributed by atoms with Crippen molar-refractivity contribution in [2.75, 3.05) is 0 Å². The number of nitrogens with zero attached hydrogens (tertiary/aromatic N) is 1. The van der Waals surface area contributed by atoms with Crippen LogP contribution in [0.15, 0.2) is 36.7 Å². The van der Waals surface area contributed by atoms with E-state index in [2.05, 4.69) is 19.2 Å². The lowest BCUT2D eigenvalue weighted by Gasteiger charge is -1.82. The fraction of sp³-hybridized carbons (Fsp3) is 0.222. The Labute approximate surface area is 61.6 Å². The summed E-state index contributed by atoms with van der Waals surface area (Å²) in [5.74, 6) is 0. The Morgan fingerprint density at radius 3 is 2.50 bits per heavy atom. The molecule has 0 atom stereocenters. The molecule has 1 aromatic rings. The predicted octanol–water partition coefficient (Wildman–Crippen LogP) is 1.85. The highest BCUT2D eigenvalue weighted by atomic mass is 14.9. The topological polar surface area (TPSA) is 3.88 Å². The van der Waals surface area contributed by atoms with E-state index in [0.29, 0.717) is 0 Å². The number of aromatic nitrogens is 1. The van der Waals surface area contributed by atoms with Crippen LogP contribution in [0.1, 0.15) is 13.3 Å². The molecule has 0 aliphatic heterocycles. The van der Waals surface area contributed by atoms with Crippen LogP contribution < -0.4 is 4.57 Å². The Kier molecular flexibility index (Phi) is 2.68. The zero-order valence-corrected chi connectivity index (χ0v) is 6.20. The van der Waals surface area contributed by atoms with Crippen LogP contribution in [0.25, 0.3) is 6.20 Å². The van der Waals surface area contributed by atoms with Crippen molar-refractivity contribution in [3.05, 3.63) is 36.7 Å². The number of hydrogen-bond donors (Lipinski definition) is 0. The first-order chi connectivity index (χ1) is 4.93. The molecule has 0 saturated heterocycles. The molecule has 0 aliphatic carbocycles. The lowest BCUT2D eigenvalue weighted by molar-refractivity contribution is -0.568. The van der Waals surface area contributed by atoms with Gasteiger partial charge in [-0.3, -0.25) is 0 Å². The number of allylic oxidation sites excluding steroid dienone is 1. The van der Waals surface area contributed by atoms with Crippen molar-refractivity contribution in [3.63, 3.8) is 0 Å². The number of rotatable bonds is 2. The summed E-state index contributed by atoms with van der Waals surface area (Å²) in [6.07, 6.45) is 9.31. The molecule has 1 rings (SSSR count). The number of hydrogen-bond acceptors (Lipinski definition) is 0. The normalized spacial score (nSPS) is 10.5. The first kappa shape index (κ1) is 7.00. The molecule has 0 aromatic carbocycles. The summed E-state index contributed by atoms with van der Waals surface area (Å²) in [6, 6.07) is 6.04. The van der Waals surface area contributed by atoms with Crippen molar-refractivity contribution >= 4 is 6.20 Å². The molecule has 0 bridgehead atoms. The molecule has 0 fully saturated rings. The zero-order valence-electron chi connectivity index (χ0n) is 6.20. The molecule has 0 N–H and O–H groups in total. The molecule has 10 heavy (non-hydrogen) atoms. The lowest BCUT2D eigenvalue weighted by Crippen LogP contribution is -2.23. The Morgan fingerprint density at radius 2 is 1.90 bits per heavy atom. The lowest BCUT2D eigenvalue weighted by atomic mass is 10.4. The Balaban J connectivity index is 2.67. The fourth-order valence-corrected chi connectivity index (χ4v) is 0.738. The van der Waals surface area contributed by atoms with Crippen molar-refractivity contribution in [3.8, 4) is 0 Å². The third-order valence-electron chi connectivity index (χ3n) is 1.25. The minimum atomic E-state index is 1.09. The molecule has 52 valence electrons. The second-order valence-electron chi connectivity index (χ2n) is 2.12. The summed E-state index contributed by atoms with van der Waals surface area (Å²) in [5, 5.41) is 0. The van der Waals surface area contributed by atoms with Gasteiger partial charge in [0, 0.05) is 12.1 Å². The van der Waals surface area contributed by atoms with E-state index >= 15 is 0 Å².